The first-order valence-corrected chi connectivity index (χ1v) is 4.15. The molecule has 0 unspecified atom stereocenters. The Morgan fingerprint density at radius 1 is 1.00 bits per heavy atom. The van der Waals surface area contributed by atoms with Crippen LogP contribution >= 0.6 is 0 Å². The van der Waals surface area contributed by atoms with Crippen molar-refractivity contribution < 1.29 is 4.42 Å². The molecule has 2 radical (unpaired) electrons. The van der Waals surface area contributed by atoms with E-state index < -0.39 is 0 Å². The standard InChI is InChI=1S/C12H6O/c1-3-7-11-9(5-1)10-6-2-4-8-12(10)13-11/h1-5,7H. The smallest absolute Gasteiger partial charge is 0.144 e. The summed E-state index contributed by atoms with van der Waals surface area (Å²) in [5.74, 6) is 0. The average molecular weight is 166 g/mol. The van der Waals surface area contributed by atoms with Crippen molar-refractivity contribution in [1.29, 1.82) is 0 Å². The monoisotopic (exact) mass is 166 g/mol. The van der Waals surface area contributed by atoms with Crippen molar-refractivity contribution in [3.8, 4) is 0 Å². The van der Waals surface area contributed by atoms with Gasteiger partial charge in [0.2, 0.25) is 0 Å². The van der Waals surface area contributed by atoms with Crippen molar-refractivity contribution in [2.45, 2.75) is 0 Å². The molecule has 1 nitrogen and oxygen atoms in total. The van der Waals surface area contributed by atoms with Crippen LogP contribution in [0.1, 0.15) is 0 Å². The zero-order valence-corrected chi connectivity index (χ0v) is 6.87. The first kappa shape index (κ1) is 6.72. The third-order valence-electron chi connectivity index (χ3n) is 2.12. The Morgan fingerprint density at radius 3 is 2.85 bits per heavy atom. The Labute approximate surface area is 75.6 Å². The second-order valence-electron chi connectivity index (χ2n) is 2.92. The average Bonchev–Trinajstić information content (AvgIpc) is 2.56. The second kappa shape index (κ2) is 2.36. The molecular formula is C12H6O. The van der Waals surface area contributed by atoms with E-state index in [9.17, 15) is 0 Å². The van der Waals surface area contributed by atoms with E-state index in [-0.39, 0.29) is 0 Å². The van der Waals surface area contributed by atoms with E-state index in [2.05, 4.69) is 12.1 Å². The molecule has 2 aromatic carbocycles. The molecule has 0 N–H and O–H groups in total. The van der Waals surface area contributed by atoms with Crippen LogP contribution in [0.3, 0.4) is 0 Å². The highest BCUT2D eigenvalue weighted by Crippen LogP contribution is 2.26. The largest absolute Gasteiger partial charge is 0.455 e. The molecule has 0 atom stereocenters. The van der Waals surface area contributed by atoms with Gasteiger partial charge in [-0.1, -0.05) is 24.3 Å². The molecule has 60 valence electrons. The lowest BCUT2D eigenvalue weighted by molar-refractivity contribution is 0.668. The minimum atomic E-state index is 0.781. The highest BCUT2D eigenvalue weighted by molar-refractivity contribution is 6.04. The number of rotatable bonds is 0. The van der Waals surface area contributed by atoms with Gasteiger partial charge in [0.15, 0.2) is 0 Å². The zero-order valence-electron chi connectivity index (χ0n) is 6.87. The fraction of sp³-hybridized carbons (Fsp3) is 0. The van der Waals surface area contributed by atoms with Crippen molar-refractivity contribution in [2.24, 2.45) is 0 Å². The van der Waals surface area contributed by atoms with E-state index in [4.69, 9.17) is 4.42 Å². The maximum absolute atomic E-state index is 5.57. The van der Waals surface area contributed by atoms with Gasteiger partial charge in [-0.2, -0.15) is 0 Å². The number of furan rings is 1. The summed E-state index contributed by atoms with van der Waals surface area (Å²) in [5, 5.41) is 2.12. The van der Waals surface area contributed by atoms with Gasteiger partial charge in [-0.3, -0.25) is 0 Å². The summed E-state index contributed by atoms with van der Waals surface area (Å²) in [6, 6.07) is 17.8. The maximum atomic E-state index is 5.57. The predicted octanol–water partition coefficient (Wildman–Crippen LogP) is 3.19. The van der Waals surface area contributed by atoms with Crippen LogP contribution in [-0.2, 0) is 0 Å². The number of hydrogen-bond donors (Lipinski definition) is 0. The topological polar surface area (TPSA) is 13.1 Å². The number of para-hydroxylation sites is 1. The third-order valence-corrected chi connectivity index (χ3v) is 2.12. The Balaban J connectivity index is 2.64. The van der Waals surface area contributed by atoms with Gasteiger partial charge in [-0.05, 0) is 18.2 Å². The summed E-state index contributed by atoms with van der Waals surface area (Å²) in [7, 11) is 0. The lowest BCUT2D eigenvalue weighted by Crippen LogP contribution is -1.64. The van der Waals surface area contributed by atoms with E-state index >= 15 is 0 Å². The van der Waals surface area contributed by atoms with E-state index in [1.165, 1.54) is 0 Å². The van der Waals surface area contributed by atoms with Crippen molar-refractivity contribution in [2.75, 3.05) is 0 Å². The summed E-state index contributed by atoms with van der Waals surface area (Å²) in [4.78, 5) is 0. The maximum Gasteiger partial charge on any atom is 0.144 e. The van der Waals surface area contributed by atoms with Crippen molar-refractivity contribution >= 4 is 21.9 Å². The van der Waals surface area contributed by atoms with Crippen molar-refractivity contribution in [1.82, 2.24) is 0 Å². The highest BCUT2D eigenvalue weighted by atomic mass is 16.3. The van der Waals surface area contributed by atoms with Crippen LogP contribution in [0, 0.1) is 12.1 Å². The fourth-order valence-electron chi connectivity index (χ4n) is 1.53. The first-order valence-electron chi connectivity index (χ1n) is 4.15. The van der Waals surface area contributed by atoms with Gasteiger partial charge in [0.1, 0.15) is 11.2 Å². The van der Waals surface area contributed by atoms with Crippen molar-refractivity contribution in [3.05, 3.63) is 48.5 Å². The Bertz CT molecular complexity index is 513. The fourth-order valence-corrected chi connectivity index (χ4v) is 1.53. The first-order chi connectivity index (χ1) is 6.45. The van der Waals surface area contributed by atoms with Gasteiger partial charge in [-0.25, -0.2) is 0 Å². The van der Waals surface area contributed by atoms with Crippen LogP contribution < -0.4 is 0 Å². The van der Waals surface area contributed by atoms with Crippen LogP contribution in [0.15, 0.2) is 40.8 Å². The molecule has 0 fully saturated rings. The molecule has 0 saturated heterocycles. The van der Waals surface area contributed by atoms with Gasteiger partial charge in [0, 0.05) is 16.8 Å². The molecular weight excluding hydrogens is 160 g/mol. The van der Waals surface area contributed by atoms with E-state index in [1.807, 2.05) is 36.4 Å². The van der Waals surface area contributed by atoms with Crippen molar-refractivity contribution in [3.63, 3.8) is 0 Å². The number of benzene rings is 2. The molecule has 1 heterocycles. The van der Waals surface area contributed by atoms with Gasteiger partial charge in [-0.15, -0.1) is 0 Å². The molecule has 0 aliphatic heterocycles. The molecule has 0 saturated carbocycles. The summed E-state index contributed by atoms with van der Waals surface area (Å²) in [5.41, 5.74) is 1.68. The Hall–Kier alpha value is -1.76. The minimum Gasteiger partial charge on any atom is -0.455 e. The molecule has 0 amide bonds. The lowest BCUT2D eigenvalue weighted by Gasteiger charge is -1.84. The zero-order chi connectivity index (χ0) is 8.67. The molecule has 0 spiro atoms. The summed E-state index contributed by atoms with van der Waals surface area (Å²) >= 11 is 0. The van der Waals surface area contributed by atoms with Gasteiger partial charge in [0.05, 0.1) is 0 Å². The van der Waals surface area contributed by atoms with Crippen LogP contribution in [0.25, 0.3) is 21.9 Å². The molecule has 13 heavy (non-hydrogen) atoms. The van der Waals surface area contributed by atoms with Crippen LogP contribution in [0.2, 0.25) is 0 Å². The van der Waals surface area contributed by atoms with Crippen LogP contribution in [0.5, 0.6) is 0 Å². The van der Waals surface area contributed by atoms with E-state index in [1.54, 1.807) is 0 Å². The second-order valence-corrected chi connectivity index (χ2v) is 2.92. The summed E-state index contributed by atoms with van der Waals surface area (Å²) in [6.45, 7) is 0. The van der Waals surface area contributed by atoms with Gasteiger partial charge < -0.3 is 4.42 Å². The molecule has 3 aromatic rings. The third kappa shape index (κ3) is 0.872. The SMILES string of the molecule is [c]1cc[c]c2c1oc1ccccc12. The number of hydrogen-bond acceptors (Lipinski definition) is 1. The van der Waals surface area contributed by atoms with Gasteiger partial charge in [0.25, 0.3) is 0 Å². The molecule has 1 aromatic heterocycles. The highest BCUT2D eigenvalue weighted by Gasteiger charge is 2.03. The van der Waals surface area contributed by atoms with Crippen LogP contribution in [-0.4, -0.2) is 0 Å². The van der Waals surface area contributed by atoms with Crippen LogP contribution in [0.4, 0.5) is 0 Å². The number of fused-ring (bicyclic) bond motifs is 3. The quantitative estimate of drug-likeness (QED) is 0.500. The van der Waals surface area contributed by atoms with E-state index in [0.29, 0.717) is 0 Å². The Morgan fingerprint density at radius 2 is 1.85 bits per heavy atom. The predicted molar refractivity (Wildman–Crippen MR) is 51.4 cm³/mol. The molecule has 0 bridgehead atoms. The molecule has 0 aliphatic rings. The summed E-state index contributed by atoms with van der Waals surface area (Å²) < 4.78 is 5.57. The normalized spacial score (nSPS) is 11.1. The molecule has 1 heteroatoms. The minimum absolute atomic E-state index is 0.781. The Kier molecular flexibility index (Phi) is 1.22. The lowest BCUT2D eigenvalue weighted by atomic mass is 10.2. The van der Waals surface area contributed by atoms with E-state index in [0.717, 1.165) is 21.9 Å². The molecule has 3 rings (SSSR count). The summed E-state index contributed by atoms with van der Waals surface area (Å²) in [6.07, 6.45) is 0. The van der Waals surface area contributed by atoms with Gasteiger partial charge >= 0.3 is 0 Å². The molecule has 0 aliphatic carbocycles.